The first kappa shape index (κ1) is 19.7. The van der Waals surface area contributed by atoms with Crippen molar-refractivity contribution < 1.29 is 17.9 Å². The number of hydrogen-bond acceptors (Lipinski definition) is 5. The lowest BCUT2D eigenvalue weighted by molar-refractivity contribution is -0.128. The van der Waals surface area contributed by atoms with Crippen LogP contribution in [0, 0.1) is 0 Å². The van der Waals surface area contributed by atoms with Gasteiger partial charge in [0.2, 0.25) is 15.9 Å². The third kappa shape index (κ3) is 4.82. The van der Waals surface area contributed by atoms with Gasteiger partial charge in [-0.15, -0.1) is 11.8 Å². The summed E-state index contributed by atoms with van der Waals surface area (Å²) in [6, 6.07) is 14.3. The molecule has 1 aliphatic rings. The van der Waals surface area contributed by atoms with Crippen LogP contribution in [0.4, 0.5) is 0 Å². The number of sulfonamides is 1. The van der Waals surface area contributed by atoms with E-state index in [1.165, 1.54) is 12.1 Å². The van der Waals surface area contributed by atoms with E-state index < -0.39 is 10.0 Å². The molecule has 0 aromatic heterocycles. The van der Waals surface area contributed by atoms with E-state index in [-0.39, 0.29) is 16.2 Å². The summed E-state index contributed by atoms with van der Waals surface area (Å²) < 4.78 is 28.1. The van der Waals surface area contributed by atoms with Gasteiger partial charge in [0, 0.05) is 6.54 Å². The van der Waals surface area contributed by atoms with E-state index in [0.29, 0.717) is 25.3 Å². The third-order valence-electron chi connectivity index (χ3n) is 4.34. The molecule has 6 nitrogen and oxygen atoms in total. The normalized spacial score (nSPS) is 17.3. The Bertz CT molecular complexity index is 896. The number of nitrogens with two attached hydrogens (primary N) is 1. The molecule has 0 radical (unpaired) electrons. The molecule has 1 fully saturated rings. The highest BCUT2D eigenvalue weighted by atomic mass is 32.2. The van der Waals surface area contributed by atoms with E-state index in [1.807, 2.05) is 36.1 Å². The summed E-state index contributed by atoms with van der Waals surface area (Å²) in [6.07, 6.45) is 0.644. The minimum Gasteiger partial charge on any atom is -0.494 e. The van der Waals surface area contributed by atoms with Crippen LogP contribution in [-0.4, -0.2) is 38.1 Å². The van der Waals surface area contributed by atoms with E-state index >= 15 is 0 Å². The van der Waals surface area contributed by atoms with Gasteiger partial charge in [0.1, 0.15) is 11.1 Å². The molecule has 1 aliphatic heterocycles. The van der Waals surface area contributed by atoms with Crippen molar-refractivity contribution in [1.82, 2.24) is 4.90 Å². The molecule has 2 aromatic carbocycles. The minimum absolute atomic E-state index is 0.0168. The summed E-state index contributed by atoms with van der Waals surface area (Å²) in [5, 5.41) is 5.10. The lowest BCUT2D eigenvalue weighted by Gasteiger charge is -2.24. The number of nitrogens with zero attached hydrogens (tertiary/aromatic N) is 1. The number of amides is 1. The van der Waals surface area contributed by atoms with E-state index in [4.69, 9.17) is 9.88 Å². The van der Waals surface area contributed by atoms with Gasteiger partial charge in [-0.2, -0.15) is 0 Å². The first-order valence-electron chi connectivity index (χ1n) is 8.64. The first-order valence-corrected chi connectivity index (χ1v) is 11.2. The number of carbonyl (C=O) groups excluding carboxylic acids is 1. The Balaban J connectivity index is 1.68. The molecule has 1 heterocycles. The number of benzene rings is 2. The lowest BCUT2D eigenvalue weighted by Crippen LogP contribution is -2.30. The van der Waals surface area contributed by atoms with Gasteiger partial charge >= 0.3 is 0 Å². The van der Waals surface area contributed by atoms with Crippen molar-refractivity contribution >= 4 is 27.7 Å². The van der Waals surface area contributed by atoms with E-state index in [0.717, 1.165) is 16.9 Å². The second-order valence-electron chi connectivity index (χ2n) is 6.19. The molecule has 1 atom stereocenters. The Morgan fingerprint density at radius 1 is 1.15 bits per heavy atom. The van der Waals surface area contributed by atoms with Crippen molar-refractivity contribution in [3.05, 3.63) is 59.7 Å². The maximum Gasteiger partial charge on any atom is 0.238 e. The number of thioether (sulfide) groups is 1. The van der Waals surface area contributed by atoms with Crippen LogP contribution in [0.2, 0.25) is 0 Å². The zero-order valence-electron chi connectivity index (χ0n) is 15.0. The minimum atomic E-state index is -3.69. The van der Waals surface area contributed by atoms with Gasteiger partial charge in [-0.3, -0.25) is 4.79 Å². The molecule has 0 aliphatic carbocycles. The van der Waals surface area contributed by atoms with Crippen molar-refractivity contribution in [1.29, 1.82) is 0 Å². The molecule has 27 heavy (non-hydrogen) atoms. The summed E-state index contributed by atoms with van der Waals surface area (Å²) >= 11 is 1.61. The lowest BCUT2D eigenvalue weighted by atomic mass is 10.1. The zero-order valence-corrected chi connectivity index (χ0v) is 16.6. The van der Waals surface area contributed by atoms with Crippen LogP contribution in [0.1, 0.15) is 23.4 Å². The fourth-order valence-electron chi connectivity index (χ4n) is 2.96. The molecular formula is C19H22N2O4S2. The second-order valence-corrected chi connectivity index (χ2v) is 8.82. The topological polar surface area (TPSA) is 89.7 Å². The van der Waals surface area contributed by atoms with Gasteiger partial charge in [0.15, 0.2) is 0 Å². The number of carbonyl (C=O) groups is 1. The van der Waals surface area contributed by atoms with Crippen LogP contribution < -0.4 is 9.88 Å². The summed E-state index contributed by atoms with van der Waals surface area (Å²) in [5.41, 5.74) is 2.02. The number of primary sulfonamides is 1. The van der Waals surface area contributed by atoms with E-state index in [2.05, 4.69) is 0 Å². The molecular weight excluding hydrogens is 384 g/mol. The highest BCUT2D eigenvalue weighted by molar-refractivity contribution is 8.00. The summed E-state index contributed by atoms with van der Waals surface area (Å²) in [5.74, 6) is 1.39. The van der Waals surface area contributed by atoms with Crippen LogP contribution in [0.5, 0.6) is 5.75 Å². The number of hydrogen-bond donors (Lipinski definition) is 1. The average molecular weight is 407 g/mol. The molecule has 8 heteroatoms. The maximum absolute atomic E-state index is 12.3. The van der Waals surface area contributed by atoms with Crippen molar-refractivity contribution in [2.75, 3.05) is 18.9 Å². The molecule has 1 unspecified atom stereocenters. The van der Waals surface area contributed by atoms with Crippen molar-refractivity contribution in [2.45, 2.75) is 23.6 Å². The molecule has 0 saturated carbocycles. The molecule has 144 valence electrons. The summed E-state index contributed by atoms with van der Waals surface area (Å²) in [4.78, 5) is 14.3. The van der Waals surface area contributed by atoms with Gasteiger partial charge in [-0.05, 0) is 48.7 Å². The predicted octanol–water partition coefficient (Wildman–Crippen LogP) is 2.55. The Morgan fingerprint density at radius 3 is 2.41 bits per heavy atom. The Hall–Kier alpha value is -2.03. The largest absolute Gasteiger partial charge is 0.494 e. The predicted molar refractivity (Wildman–Crippen MR) is 106 cm³/mol. The molecule has 0 spiro atoms. The Kier molecular flexibility index (Phi) is 6.08. The number of rotatable bonds is 7. The van der Waals surface area contributed by atoms with Gasteiger partial charge in [0.05, 0.1) is 17.3 Å². The molecule has 2 aromatic rings. The molecule has 1 saturated heterocycles. The smallest absolute Gasteiger partial charge is 0.238 e. The molecule has 2 N–H and O–H groups in total. The number of ether oxygens (including phenoxy) is 1. The fourth-order valence-corrected chi connectivity index (χ4v) is 4.70. The summed E-state index contributed by atoms with van der Waals surface area (Å²) in [7, 11) is -3.69. The Morgan fingerprint density at radius 2 is 1.81 bits per heavy atom. The molecule has 3 rings (SSSR count). The monoisotopic (exact) mass is 406 g/mol. The van der Waals surface area contributed by atoms with Gasteiger partial charge < -0.3 is 9.64 Å². The van der Waals surface area contributed by atoms with Crippen molar-refractivity contribution in [3.8, 4) is 5.75 Å². The van der Waals surface area contributed by atoms with Gasteiger partial charge in [-0.1, -0.05) is 24.3 Å². The van der Waals surface area contributed by atoms with Crippen LogP contribution in [0.15, 0.2) is 53.4 Å². The fraction of sp³-hybridized carbons (Fsp3) is 0.316. The Labute approximate surface area is 163 Å². The third-order valence-corrected chi connectivity index (χ3v) is 6.52. The van der Waals surface area contributed by atoms with E-state index in [1.54, 1.807) is 23.9 Å². The first-order chi connectivity index (χ1) is 12.9. The quantitative estimate of drug-likeness (QED) is 0.763. The second kappa shape index (κ2) is 8.33. The van der Waals surface area contributed by atoms with Crippen LogP contribution in [0.25, 0.3) is 0 Å². The average Bonchev–Trinajstić information content (AvgIpc) is 3.01. The van der Waals surface area contributed by atoms with Crippen LogP contribution in [-0.2, 0) is 21.2 Å². The maximum atomic E-state index is 12.3. The highest BCUT2D eigenvalue weighted by Crippen LogP contribution is 2.39. The molecule has 0 bridgehead atoms. The van der Waals surface area contributed by atoms with Crippen LogP contribution >= 0.6 is 11.8 Å². The standard InChI is InChI=1S/C19H22N2O4S2/c1-2-25-16-7-5-15(6-8-16)19-21(18(22)13-26-19)12-11-14-3-9-17(10-4-14)27(20,23)24/h3-10,19H,2,11-13H2,1H3,(H2,20,23,24). The van der Waals surface area contributed by atoms with Gasteiger partial charge in [-0.25, -0.2) is 13.6 Å². The van der Waals surface area contributed by atoms with Crippen molar-refractivity contribution in [2.24, 2.45) is 5.14 Å². The zero-order chi connectivity index (χ0) is 19.4. The summed E-state index contributed by atoms with van der Waals surface area (Å²) in [6.45, 7) is 3.13. The van der Waals surface area contributed by atoms with Crippen LogP contribution in [0.3, 0.4) is 0 Å². The van der Waals surface area contributed by atoms with E-state index in [9.17, 15) is 13.2 Å². The van der Waals surface area contributed by atoms with Crippen molar-refractivity contribution in [3.63, 3.8) is 0 Å². The SMILES string of the molecule is CCOc1ccc(C2SCC(=O)N2CCc2ccc(S(N)(=O)=O)cc2)cc1. The highest BCUT2D eigenvalue weighted by Gasteiger charge is 2.32. The molecule has 1 amide bonds. The van der Waals surface area contributed by atoms with Gasteiger partial charge in [0.25, 0.3) is 0 Å².